The van der Waals surface area contributed by atoms with Crippen LogP contribution >= 0.6 is 0 Å². The molecule has 0 spiro atoms. The lowest BCUT2D eigenvalue weighted by molar-refractivity contribution is -0.118. The normalized spacial score (nSPS) is 12.2. The molecule has 0 amide bonds. The first-order valence-electron chi connectivity index (χ1n) is 6.17. The topological polar surface area (TPSA) is 52.3 Å². The predicted octanol–water partition coefficient (Wildman–Crippen LogP) is 2.46. The lowest BCUT2D eigenvalue weighted by atomic mass is 10.0. The summed E-state index contributed by atoms with van der Waals surface area (Å²) in [5.74, 6) is -0.335. The Morgan fingerprint density at radius 2 is 2.22 bits per heavy atom. The van der Waals surface area contributed by atoms with Crippen LogP contribution in [0.15, 0.2) is 18.2 Å². The number of benzene rings is 1. The predicted molar refractivity (Wildman–Crippen MR) is 69.2 cm³/mol. The fourth-order valence-corrected chi connectivity index (χ4v) is 1.90. The molecular formula is C14H20FNO2. The molecule has 0 heterocycles. The summed E-state index contributed by atoms with van der Waals surface area (Å²) in [6, 6.07) is 4.68. The number of rotatable bonds is 7. The van der Waals surface area contributed by atoms with Crippen molar-refractivity contribution in [1.29, 1.82) is 0 Å². The van der Waals surface area contributed by atoms with Crippen LogP contribution in [0.2, 0.25) is 0 Å². The molecular weight excluding hydrogens is 233 g/mol. The van der Waals surface area contributed by atoms with Crippen LogP contribution in [0.5, 0.6) is 5.75 Å². The second-order valence-electron chi connectivity index (χ2n) is 4.40. The van der Waals surface area contributed by atoms with Gasteiger partial charge in [-0.2, -0.15) is 0 Å². The van der Waals surface area contributed by atoms with Gasteiger partial charge in [-0.15, -0.1) is 0 Å². The van der Waals surface area contributed by atoms with Gasteiger partial charge in [-0.3, -0.25) is 4.79 Å². The molecule has 18 heavy (non-hydrogen) atoms. The SMILES string of the molecule is CCCC(N)CC(=O)Cc1cccc(OC)c1F. The van der Waals surface area contributed by atoms with Crippen molar-refractivity contribution in [3.05, 3.63) is 29.6 Å². The number of nitrogens with two attached hydrogens (primary N) is 1. The molecule has 0 bridgehead atoms. The van der Waals surface area contributed by atoms with Gasteiger partial charge in [0.25, 0.3) is 0 Å². The van der Waals surface area contributed by atoms with Crippen molar-refractivity contribution in [2.24, 2.45) is 5.73 Å². The third-order valence-electron chi connectivity index (χ3n) is 2.80. The minimum absolute atomic E-state index is 0.0388. The lowest BCUT2D eigenvalue weighted by Crippen LogP contribution is -2.24. The second-order valence-corrected chi connectivity index (χ2v) is 4.40. The lowest BCUT2D eigenvalue weighted by Gasteiger charge is -2.10. The van der Waals surface area contributed by atoms with Gasteiger partial charge in [0.05, 0.1) is 7.11 Å². The zero-order valence-electron chi connectivity index (χ0n) is 10.9. The van der Waals surface area contributed by atoms with Gasteiger partial charge in [0.2, 0.25) is 0 Å². The van der Waals surface area contributed by atoms with Gasteiger partial charge in [0.15, 0.2) is 11.6 Å². The van der Waals surface area contributed by atoms with Gasteiger partial charge in [0.1, 0.15) is 5.78 Å². The van der Waals surface area contributed by atoms with Gasteiger partial charge in [-0.1, -0.05) is 25.5 Å². The summed E-state index contributed by atoms with van der Waals surface area (Å²) in [5.41, 5.74) is 6.16. The van der Waals surface area contributed by atoms with E-state index in [0.29, 0.717) is 12.0 Å². The van der Waals surface area contributed by atoms with Crippen molar-refractivity contribution in [3.63, 3.8) is 0 Å². The van der Waals surface area contributed by atoms with E-state index in [1.807, 2.05) is 6.92 Å². The molecule has 0 aliphatic carbocycles. The summed E-state index contributed by atoms with van der Waals surface area (Å²) in [6.45, 7) is 2.02. The van der Waals surface area contributed by atoms with Crippen LogP contribution in [0.3, 0.4) is 0 Å². The highest BCUT2D eigenvalue weighted by Crippen LogP contribution is 2.20. The fraction of sp³-hybridized carbons (Fsp3) is 0.500. The Bertz CT molecular complexity index is 407. The Hall–Kier alpha value is -1.42. The number of halogens is 1. The molecule has 0 fully saturated rings. The molecule has 0 saturated heterocycles. The number of ketones is 1. The Morgan fingerprint density at radius 1 is 1.50 bits per heavy atom. The molecule has 1 rings (SSSR count). The van der Waals surface area contributed by atoms with Crippen molar-refractivity contribution < 1.29 is 13.9 Å². The third kappa shape index (κ3) is 4.11. The molecule has 0 aliphatic heterocycles. The zero-order valence-corrected chi connectivity index (χ0v) is 10.9. The van der Waals surface area contributed by atoms with Crippen LogP contribution < -0.4 is 10.5 Å². The van der Waals surface area contributed by atoms with Crippen LogP contribution in [-0.4, -0.2) is 18.9 Å². The Kier molecular flexibility index (Phi) is 5.78. The number of hydrogen-bond acceptors (Lipinski definition) is 3. The first kappa shape index (κ1) is 14.6. The fourth-order valence-electron chi connectivity index (χ4n) is 1.90. The maximum atomic E-state index is 13.8. The van der Waals surface area contributed by atoms with Gasteiger partial charge in [-0.05, 0) is 18.1 Å². The molecule has 0 aliphatic rings. The number of carbonyl (C=O) groups is 1. The van der Waals surface area contributed by atoms with Crippen LogP contribution in [-0.2, 0) is 11.2 Å². The van der Waals surface area contributed by atoms with Gasteiger partial charge in [-0.25, -0.2) is 4.39 Å². The first-order valence-corrected chi connectivity index (χ1v) is 6.17. The zero-order chi connectivity index (χ0) is 13.5. The molecule has 1 unspecified atom stereocenters. The monoisotopic (exact) mass is 253 g/mol. The van der Waals surface area contributed by atoms with Gasteiger partial charge >= 0.3 is 0 Å². The smallest absolute Gasteiger partial charge is 0.168 e. The van der Waals surface area contributed by atoms with Crippen molar-refractivity contribution in [1.82, 2.24) is 0 Å². The minimum atomic E-state index is -0.461. The van der Waals surface area contributed by atoms with Crippen LogP contribution in [0.4, 0.5) is 4.39 Å². The van der Waals surface area contributed by atoms with E-state index >= 15 is 0 Å². The maximum Gasteiger partial charge on any atom is 0.168 e. The number of carbonyl (C=O) groups excluding carboxylic acids is 1. The van der Waals surface area contributed by atoms with Crippen LogP contribution in [0, 0.1) is 5.82 Å². The van der Waals surface area contributed by atoms with Crippen molar-refractivity contribution in [2.75, 3.05) is 7.11 Å². The van der Waals surface area contributed by atoms with Gasteiger partial charge in [0, 0.05) is 18.9 Å². The first-order chi connectivity index (χ1) is 8.58. The van der Waals surface area contributed by atoms with E-state index in [1.165, 1.54) is 13.2 Å². The molecule has 2 N–H and O–H groups in total. The van der Waals surface area contributed by atoms with Crippen molar-refractivity contribution >= 4 is 5.78 Å². The molecule has 0 saturated carbocycles. The largest absolute Gasteiger partial charge is 0.494 e. The summed E-state index contributed by atoms with van der Waals surface area (Å²) < 4.78 is 18.7. The highest BCUT2D eigenvalue weighted by Gasteiger charge is 2.14. The summed E-state index contributed by atoms with van der Waals surface area (Å²) in [4.78, 5) is 11.8. The highest BCUT2D eigenvalue weighted by molar-refractivity contribution is 5.81. The van der Waals surface area contributed by atoms with E-state index in [9.17, 15) is 9.18 Å². The molecule has 0 radical (unpaired) electrons. The van der Waals surface area contributed by atoms with E-state index in [2.05, 4.69) is 0 Å². The van der Waals surface area contributed by atoms with E-state index in [4.69, 9.17) is 10.5 Å². The van der Waals surface area contributed by atoms with Crippen LogP contribution in [0.25, 0.3) is 0 Å². The number of methoxy groups -OCH3 is 1. The summed E-state index contributed by atoms with van der Waals surface area (Å²) >= 11 is 0. The average molecular weight is 253 g/mol. The number of Topliss-reactive ketones (excluding diaryl/α,β-unsaturated/α-hetero) is 1. The van der Waals surface area contributed by atoms with E-state index in [1.54, 1.807) is 12.1 Å². The summed E-state index contributed by atoms with van der Waals surface area (Å²) in [6.07, 6.45) is 2.12. The van der Waals surface area contributed by atoms with Crippen molar-refractivity contribution in [3.8, 4) is 5.75 Å². The standard InChI is InChI=1S/C14H20FNO2/c1-3-5-11(16)9-12(17)8-10-6-4-7-13(18-2)14(10)15/h4,6-7,11H,3,5,8-9,16H2,1-2H3. The molecule has 0 aromatic heterocycles. The molecule has 1 atom stereocenters. The Morgan fingerprint density at radius 3 is 2.83 bits per heavy atom. The quantitative estimate of drug-likeness (QED) is 0.812. The molecule has 1 aromatic rings. The molecule has 3 nitrogen and oxygen atoms in total. The average Bonchev–Trinajstić information content (AvgIpc) is 2.32. The van der Waals surface area contributed by atoms with Crippen molar-refractivity contribution in [2.45, 2.75) is 38.6 Å². The van der Waals surface area contributed by atoms with Crippen LogP contribution in [0.1, 0.15) is 31.7 Å². The minimum Gasteiger partial charge on any atom is -0.494 e. The second kappa shape index (κ2) is 7.11. The highest BCUT2D eigenvalue weighted by atomic mass is 19.1. The van der Waals surface area contributed by atoms with E-state index < -0.39 is 5.82 Å². The third-order valence-corrected chi connectivity index (χ3v) is 2.80. The molecule has 100 valence electrons. The molecule has 1 aromatic carbocycles. The number of ether oxygens (including phenoxy) is 1. The van der Waals surface area contributed by atoms with Gasteiger partial charge < -0.3 is 10.5 Å². The Labute approximate surface area is 107 Å². The molecule has 4 heteroatoms. The van der Waals surface area contributed by atoms with E-state index in [-0.39, 0.29) is 24.0 Å². The Balaban J connectivity index is 2.64. The number of hydrogen-bond donors (Lipinski definition) is 1. The van der Waals surface area contributed by atoms with E-state index in [0.717, 1.165) is 12.8 Å². The maximum absolute atomic E-state index is 13.8. The summed E-state index contributed by atoms with van der Waals surface area (Å²) in [7, 11) is 1.40. The summed E-state index contributed by atoms with van der Waals surface area (Å²) in [5, 5.41) is 0.